The average Bonchev–Trinajstić information content (AvgIpc) is 3.23. The van der Waals surface area contributed by atoms with Crippen LogP contribution >= 0.6 is 0 Å². The van der Waals surface area contributed by atoms with Crippen LogP contribution in [0.2, 0.25) is 0 Å². The summed E-state index contributed by atoms with van der Waals surface area (Å²) in [6.07, 6.45) is 2.93. The van der Waals surface area contributed by atoms with Gasteiger partial charge in [-0.3, -0.25) is 0 Å². The van der Waals surface area contributed by atoms with E-state index in [0.29, 0.717) is 19.0 Å². The van der Waals surface area contributed by atoms with Gasteiger partial charge < -0.3 is 5.73 Å². The van der Waals surface area contributed by atoms with Crippen molar-refractivity contribution in [2.45, 2.75) is 51.4 Å². The van der Waals surface area contributed by atoms with Gasteiger partial charge >= 0.3 is 0 Å². The number of nitrogens with two attached hydrogens (primary N) is 1. The molecule has 2 rings (SSSR count). The molecule has 0 radical (unpaired) electrons. The maximum Gasteiger partial charge on any atom is 0.218 e. The van der Waals surface area contributed by atoms with Crippen molar-refractivity contribution in [3.63, 3.8) is 0 Å². The Morgan fingerprint density at radius 1 is 1.19 bits per heavy atom. The molecule has 0 bridgehead atoms. The fourth-order valence-corrected chi connectivity index (χ4v) is 4.19. The highest BCUT2D eigenvalue weighted by Crippen LogP contribution is 2.31. The van der Waals surface area contributed by atoms with Crippen LogP contribution < -0.4 is 5.73 Å². The zero-order chi connectivity index (χ0) is 15.5. The Labute approximate surface area is 128 Å². The molecule has 0 aromatic heterocycles. The van der Waals surface area contributed by atoms with Crippen LogP contribution in [0.15, 0.2) is 24.3 Å². The number of nitrogens with zero attached hydrogens (tertiary/aromatic N) is 1. The topological polar surface area (TPSA) is 63.4 Å². The molecule has 1 aliphatic carbocycles. The van der Waals surface area contributed by atoms with E-state index in [-0.39, 0.29) is 11.8 Å². The Morgan fingerprint density at radius 2 is 1.76 bits per heavy atom. The molecule has 1 aromatic carbocycles. The van der Waals surface area contributed by atoms with Crippen LogP contribution in [0.1, 0.15) is 44.2 Å². The van der Waals surface area contributed by atoms with E-state index in [9.17, 15) is 8.42 Å². The van der Waals surface area contributed by atoms with Crippen molar-refractivity contribution >= 4 is 10.0 Å². The second-order valence-electron chi connectivity index (χ2n) is 6.30. The highest BCUT2D eigenvalue weighted by molar-refractivity contribution is 7.88. The van der Waals surface area contributed by atoms with Crippen LogP contribution in [0.3, 0.4) is 0 Å². The molecule has 0 amide bonds. The van der Waals surface area contributed by atoms with Gasteiger partial charge in [-0.1, -0.05) is 38.1 Å². The molecule has 0 heterocycles. The van der Waals surface area contributed by atoms with Crippen molar-refractivity contribution in [1.29, 1.82) is 0 Å². The first-order valence-corrected chi connectivity index (χ1v) is 9.30. The van der Waals surface area contributed by atoms with Crippen molar-refractivity contribution in [2.24, 2.45) is 11.7 Å². The van der Waals surface area contributed by atoms with Gasteiger partial charge in [0, 0.05) is 19.1 Å². The van der Waals surface area contributed by atoms with Crippen LogP contribution in [-0.4, -0.2) is 25.3 Å². The van der Waals surface area contributed by atoms with Crippen molar-refractivity contribution < 1.29 is 8.42 Å². The molecule has 5 heteroatoms. The third-order valence-corrected chi connectivity index (χ3v) is 5.74. The van der Waals surface area contributed by atoms with Crippen LogP contribution in [0.5, 0.6) is 0 Å². The predicted molar refractivity (Wildman–Crippen MR) is 86.1 cm³/mol. The molecule has 0 spiro atoms. The van der Waals surface area contributed by atoms with E-state index in [0.717, 1.165) is 30.4 Å². The minimum Gasteiger partial charge on any atom is -0.326 e. The van der Waals surface area contributed by atoms with Crippen molar-refractivity contribution in [3.8, 4) is 0 Å². The second-order valence-corrected chi connectivity index (χ2v) is 8.22. The molecule has 2 N–H and O–H groups in total. The zero-order valence-corrected chi connectivity index (χ0v) is 13.8. The summed E-state index contributed by atoms with van der Waals surface area (Å²) in [4.78, 5) is 0. The molecule has 1 fully saturated rings. The summed E-state index contributed by atoms with van der Waals surface area (Å²) >= 11 is 0. The first-order chi connectivity index (χ1) is 9.92. The summed E-state index contributed by atoms with van der Waals surface area (Å²) in [5.41, 5.74) is 7.42. The summed E-state index contributed by atoms with van der Waals surface area (Å²) < 4.78 is 27.0. The van der Waals surface area contributed by atoms with Gasteiger partial charge in [0.05, 0.1) is 5.75 Å². The van der Waals surface area contributed by atoms with E-state index in [1.54, 1.807) is 4.31 Å². The normalized spacial score (nSPS) is 15.9. The van der Waals surface area contributed by atoms with Gasteiger partial charge in [0.15, 0.2) is 0 Å². The highest BCUT2D eigenvalue weighted by atomic mass is 32.2. The van der Waals surface area contributed by atoms with Gasteiger partial charge in [0.1, 0.15) is 0 Å². The maximum absolute atomic E-state index is 12.6. The van der Waals surface area contributed by atoms with Gasteiger partial charge in [0.2, 0.25) is 10.0 Å². The number of sulfonamides is 1. The summed E-state index contributed by atoms with van der Waals surface area (Å²) in [7, 11) is -3.23. The van der Waals surface area contributed by atoms with E-state index >= 15 is 0 Å². The SMILES string of the molecule is CC(C)CCN(C1CC1)S(=O)(=O)Cc1ccc(CN)cc1. The minimum absolute atomic E-state index is 0.0897. The van der Waals surface area contributed by atoms with Crippen LogP contribution in [0, 0.1) is 5.92 Å². The van der Waals surface area contributed by atoms with E-state index in [1.165, 1.54) is 0 Å². The quantitative estimate of drug-likeness (QED) is 0.802. The van der Waals surface area contributed by atoms with Crippen molar-refractivity contribution in [3.05, 3.63) is 35.4 Å². The number of benzene rings is 1. The first-order valence-electron chi connectivity index (χ1n) is 7.70. The fourth-order valence-electron chi connectivity index (χ4n) is 2.36. The van der Waals surface area contributed by atoms with Crippen molar-refractivity contribution in [1.82, 2.24) is 4.31 Å². The predicted octanol–water partition coefficient (Wildman–Crippen LogP) is 2.49. The molecule has 0 aliphatic heterocycles. The smallest absolute Gasteiger partial charge is 0.218 e. The second kappa shape index (κ2) is 6.90. The van der Waals surface area contributed by atoms with Crippen LogP contribution in [-0.2, 0) is 22.3 Å². The third-order valence-electron chi connectivity index (χ3n) is 3.85. The van der Waals surface area contributed by atoms with Gasteiger partial charge in [-0.05, 0) is 36.3 Å². The van der Waals surface area contributed by atoms with Crippen LogP contribution in [0.4, 0.5) is 0 Å². The Morgan fingerprint density at radius 3 is 2.24 bits per heavy atom. The number of rotatable bonds is 8. The van der Waals surface area contributed by atoms with Gasteiger partial charge in [-0.2, -0.15) is 4.31 Å². The standard InChI is InChI=1S/C16H26N2O2S/c1-13(2)9-10-18(16-7-8-16)21(19,20)12-15-5-3-14(11-17)4-6-15/h3-6,13,16H,7-12,17H2,1-2H3. The first kappa shape index (κ1) is 16.5. The van der Waals surface area contributed by atoms with Crippen LogP contribution in [0.25, 0.3) is 0 Å². The lowest BCUT2D eigenvalue weighted by Crippen LogP contribution is -2.35. The molecule has 0 unspecified atom stereocenters. The van der Waals surface area contributed by atoms with E-state index in [1.807, 2.05) is 24.3 Å². The monoisotopic (exact) mass is 310 g/mol. The molecule has 0 atom stereocenters. The molecule has 1 saturated carbocycles. The van der Waals surface area contributed by atoms with Gasteiger partial charge in [-0.15, -0.1) is 0 Å². The summed E-state index contributed by atoms with van der Waals surface area (Å²) in [5, 5.41) is 0. The molecular weight excluding hydrogens is 284 g/mol. The fraction of sp³-hybridized carbons (Fsp3) is 0.625. The van der Waals surface area contributed by atoms with Gasteiger partial charge in [-0.25, -0.2) is 8.42 Å². The maximum atomic E-state index is 12.6. The molecule has 4 nitrogen and oxygen atoms in total. The Bertz CT molecular complexity index is 548. The lowest BCUT2D eigenvalue weighted by Gasteiger charge is -2.23. The number of hydrogen-bond acceptors (Lipinski definition) is 3. The Kier molecular flexibility index (Phi) is 5.41. The highest BCUT2D eigenvalue weighted by Gasteiger charge is 2.36. The summed E-state index contributed by atoms with van der Waals surface area (Å²) in [5.74, 6) is 0.609. The summed E-state index contributed by atoms with van der Waals surface area (Å²) in [6, 6.07) is 7.78. The van der Waals surface area contributed by atoms with E-state index < -0.39 is 10.0 Å². The minimum atomic E-state index is -3.23. The third kappa shape index (κ3) is 4.80. The van der Waals surface area contributed by atoms with Crippen molar-refractivity contribution in [2.75, 3.05) is 6.54 Å². The molecule has 1 aromatic rings. The van der Waals surface area contributed by atoms with E-state index in [4.69, 9.17) is 5.73 Å². The zero-order valence-electron chi connectivity index (χ0n) is 13.0. The largest absolute Gasteiger partial charge is 0.326 e. The molecule has 21 heavy (non-hydrogen) atoms. The van der Waals surface area contributed by atoms with Gasteiger partial charge in [0.25, 0.3) is 0 Å². The van der Waals surface area contributed by atoms with E-state index in [2.05, 4.69) is 13.8 Å². The lowest BCUT2D eigenvalue weighted by atomic mass is 10.1. The molecule has 118 valence electrons. The molecule has 1 aliphatic rings. The molecular formula is C16H26N2O2S. The number of hydrogen-bond donors (Lipinski definition) is 1. The summed E-state index contributed by atoms with van der Waals surface area (Å²) in [6.45, 7) is 5.38. The Hall–Kier alpha value is -0.910. The Balaban J connectivity index is 2.06. The lowest BCUT2D eigenvalue weighted by molar-refractivity contribution is 0.373. The molecule has 0 saturated heterocycles. The average molecular weight is 310 g/mol.